The highest BCUT2D eigenvalue weighted by Gasteiger charge is 2.36. The minimum atomic E-state index is 0.370. The van der Waals surface area contributed by atoms with Crippen molar-refractivity contribution in [1.82, 2.24) is 9.78 Å². The van der Waals surface area contributed by atoms with Crippen molar-refractivity contribution >= 4 is 0 Å². The van der Waals surface area contributed by atoms with Gasteiger partial charge >= 0.3 is 0 Å². The van der Waals surface area contributed by atoms with Crippen LogP contribution >= 0.6 is 0 Å². The molecule has 0 aromatic carbocycles. The standard InChI is InChI=1S/C12H21N3/c1-12(2)6-4-11-9(8-14-15(11)3)10(12)5-7-13/h8,10H,4-7,13H2,1-3H3. The lowest BCUT2D eigenvalue weighted by Crippen LogP contribution is -2.30. The Balaban J connectivity index is 2.39. The van der Waals surface area contributed by atoms with Gasteiger partial charge in [-0.25, -0.2) is 0 Å². The highest BCUT2D eigenvalue weighted by Crippen LogP contribution is 2.46. The largest absolute Gasteiger partial charge is 0.330 e. The Morgan fingerprint density at radius 2 is 2.33 bits per heavy atom. The van der Waals surface area contributed by atoms with Crippen LogP contribution in [0.5, 0.6) is 0 Å². The first-order chi connectivity index (χ1) is 7.06. The second kappa shape index (κ2) is 3.63. The van der Waals surface area contributed by atoms with Gasteiger partial charge in [0.2, 0.25) is 0 Å². The normalized spacial score (nSPS) is 23.9. The molecule has 0 spiro atoms. The van der Waals surface area contributed by atoms with Gasteiger partial charge in [0.05, 0.1) is 6.20 Å². The first kappa shape index (κ1) is 10.7. The van der Waals surface area contributed by atoms with E-state index in [0.29, 0.717) is 11.3 Å². The van der Waals surface area contributed by atoms with Crippen molar-refractivity contribution in [2.45, 2.75) is 39.0 Å². The third-order valence-corrected chi connectivity index (χ3v) is 3.87. The van der Waals surface area contributed by atoms with Gasteiger partial charge in [0.15, 0.2) is 0 Å². The molecular formula is C12H21N3. The molecule has 1 atom stereocenters. The molecule has 0 amide bonds. The summed E-state index contributed by atoms with van der Waals surface area (Å²) in [5, 5.41) is 4.37. The van der Waals surface area contributed by atoms with E-state index in [2.05, 4.69) is 18.9 Å². The average molecular weight is 207 g/mol. The lowest BCUT2D eigenvalue weighted by Gasteiger charge is -2.38. The van der Waals surface area contributed by atoms with E-state index in [1.807, 2.05) is 17.9 Å². The van der Waals surface area contributed by atoms with E-state index in [9.17, 15) is 0 Å². The number of nitrogens with zero attached hydrogens (tertiary/aromatic N) is 2. The summed E-state index contributed by atoms with van der Waals surface area (Å²) in [4.78, 5) is 0. The number of aryl methyl sites for hydroxylation is 1. The van der Waals surface area contributed by atoms with Gasteiger partial charge in [0.25, 0.3) is 0 Å². The fraction of sp³-hybridized carbons (Fsp3) is 0.750. The first-order valence-corrected chi connectivity index (χ1v) is 5.77. The fourth-order valence-corrected chi connectivity index (χ4v) is 2.83. The van der Waals surface area contributed by atoms with Crippen molar-refractivity contribution in [1.29, 1.82) is 0 Å². The number of fused-ring (bicyclic) bond motifs is 1. The second-order valence-electron chi connectivity index (χ2n) is 5.29. The van der Waals surface area contributed by atoms with Gasteiger partial charge in [-0.05, 0) is 42.7 Å². The monoisotopic (exact) mass is 207 g/mol. The van der Waals surface area contributed by atoms with Crippen LogP contribution in [0.15, 0.2) is 6.20 Å². The summed E-state index contributed by atoms with van der Waals surface area (Å²) in [6.45, 7) is 5.47. The van der Waals surface area contributed by atoms with Crippen LogP contribution in [0.1, 0.15) is 43.9 Å². The molecule has 0 radical (unpaired) electrons. The molecule has 2 rings (SSSR count). The Morgan fingerprint density at radius 1 is 1.60 bits per heavy atom. The minimum Gasteiger partial charge on any atom is -0.330 e. The zero-order valence-corrected chi connectivity index (χ0v) is 9.95. The summed E-state index contributed by atoms with van der Waals surface area (Å²) >= 11 is 0. The van der Waals surface area contributed by atoms with Gasteiger partial charge < -0.3 is 5.73 Å². The Hall–Kier alpha value is -0.830. The van der Waals surface area contributed by atoms with Gasteiger partial charge in [-0.3, -0.25) is 4.68 Å². The van der Waals surface area contributed by atoms with Gasteiger partial charge in [0, 0.05) is 12.7 Å². The molecule has 1 heterocycles. The van der Waals surface area contributed by atoms with Crippen LogP contribution in [0.3, 0.4) is 0 Å². The lowest BCUT2D eigenvalue weighted by molar-refractivity contribution is 0.233. The summed E-state index contributed by atoms with van der Waals surface area (Å²) in [6.07, 6.45) is 5.51. The third kappa shape index (κ3) is 1.69. The minimum absolute atomic E-state index is 0.370. The molecule has 0 saturated carbocycles. The third-order valence-electron chi connectivity index (χ3n) is 3.87. The maximum Gasteiger partial charge on any atom is 0.0527 e. The zero-order chi connectivity index (χ0) is 11.1. The Morgan fingerprint density at radius 3 is 3.00 bits per heavy atom. The molecule has 0 aliphatic heterocycles. The van der Waals surface area contributed by atoms with E-state index in [1.165, 1.54) is 17.7 Å². The second-order valence-corrected chi connectivity index (χ2v) is 5.29. The molecule has 1 unspecified atom stereocenters. The van der Waals surface area contributed by atoms with Crippen molar-refractivity contribution in [3.05, 3.63) is 17.5 Å². The van der Waals surface area contributed by atoms with Crippen LogP contribution < -0.4 is 5.73 Å². The topological polar surface area (TPSA) is 43.8 Å². The van der Waals surface area contributed by atoms with Crippen molar-refractivity contribution in [2.75, 3.05) is 6.54 Å². The molecular weight excluding hydrogens is 186 g/mol. The molecule has 15 heavy (non-hydrogen) atoms. The van der Waals surface area contributed by atoms with E-state index in [4.69, 9.17) is 5.73 Å². The molecule has 1 aliphatic rings. The van der Waals surface area contributed by atoms with E-state index in [1.54, 1.807) is 0 Å². The van der Waals surface area contributed by atoms with Gasteiger partial charge in [-0.15, -0.1) is 0 Å². The highest BCUT2D eigenvalue weighted by molar-refractivity contribution is 5.28. The summed E-state index contributed by atoms with van der Waals surface area (Å²) in [7, 11) is 2.04. The van der Waals surface area contributed by atoms with Crippen LogP contribution in [0.25, 0.3) is 0 Å². The van der Waals surface area contributed by atoms with Crippen molar-refractivity contribution in [3.8, 4) is 0 Å². The number of rotatable bonds is 2. The quantitative estimate of drug-likeness (QED) is 0.804. The smallest absolute Gasteiger partial charge is 0.0527 e. The van der Waals surface area contributed by atoms with Crippen molar-refractivity contribution in [3.63, 3.8) is 0 Å². The molecule has 0 saturated heterocycles. The van der Waals surface area contributed by atoms with Crippen LogP contribution in [0.4, 0.5) is 0 Å². The summed E-state index contributed by atoms with van der Waals surface area (Å²) in [6, 6.07) is 0. The van der Waals surface area contributed by atoms with Gasteiger partial charge in [-0.2, -0.15) is 5.10 Å². The van der Waals surface area contributed by atoms with Crippen LogP contribution in [0.2, 0.25) is 0 Å². The number of aromatic nitrogens is 2. The molecule has 3 nitrogen and oxygen atoms in total. The van der Waals surface area contributed by atoms with E-state index in [0.717, 1.165) is 19.4 Å². The summed E-state index contributed by atoms with van der Waals surface area (Å²) in [5.41, 5.74) is 8.93. The molecule has 2 N–H and O–H groups in total. The van der Waals surface area contributed by atoms with E-state index < -0.39 is 0 Å². The number of hydrogen-bond acceptors (Lipinski definition) is 2. The maximum absolute atomic E-state index is 5.72. The van der Waals surface area contributed by atoms with Crippen LogP contribution in [-0.2, 0) is 13.5 Å². The summed E-state index contributed by atoms with van der Waals surface area (Å²) < 4.78 is 2.02. The van der Waals surface area contributed by atoms with Gasteiger partial charge in [0.1, 0.15) is 0 Å². The number of nitrogens with two attached hydrogens (primary N) is 1. The lowest BCUT2D eigenvalue weighted by atomic mass is 9.66. The van der Waals surface area contributed by atoms with Crippen LogP contribution in [0, 0.1) is 5.41 Å². The Bertz CT molecular complexity index is 352. The van der Waals surface area contributed by atoms with Crippen molar-refractivity contribution < 1.29 is 0 Å². The molecule has 0 bridgehead atoms. The average Bonchev–Trinajstić information content (AvgIpc) is 2.53. The van der Waals surface area contributed by atoms with Crippen molar-refractivity contribution in [2.24, 2.45) is 18.2 Å². The maximum atomic E-state index is 5.72. The predicted molar refractivity (Wildman–Crippen MR) is 61.7 cm³/mol. The molecule has 1 aromatic rings. The predicted octanol–water partition coefficient (Wildman–Crippen LogP) is 1.82. The molecule has 84 valence electrons. The van der Waals surface area contributed by atoms with Gasteiger partial charge in [-0.1, -0.05) is 13.8 Å². The molecule has 3 heteroatoms. The summed E-state index contributed by atoms with van der Waals surface area (Å²) in [5.74, 6) is 0.583. The Labute approximate surface area is 91.7 Å². The molecule has 1 aromatic heterocycles. The SMILES string of the molecule is Cn1ncc2c1CCC(C)(C)C2CCN. The Kier molecular flexibility index (Phi) is 2.59. The zero-order valence-electron chi connectivity index (χ0n) is 9.95. The number of hydrogen-bond donors (Lipinski definition) is 1. The fourth-order valence-electron chi connectivity index (χ4n) is 2.83. The van der Waals surface area contributed by atoms with Crippen LogP contribution in [-0.4, -0.2) is 16.3 Å². The molecule has 1 aliphatic carbocycles. The van der Waals surface area contributed by atoms with E-state index >= 15 is 0 Å². The molecule has 0 fully saturated rings. The highest BCUT2D eigenvalue weighted by atomic mass is 15.3. The first-order valence-electron chi connectivity index (χ1n) is 5.77. The van der Waals surface area contributed by atoms with E-state index in [-0.39, 0.29) is 0 Å².